The lowest BCUT2D eigenvalue weighted by atomic mass is 10.1. The molecule has 0 aliphatic carbocycles. The van der Waals surface area contributed by atoms with E-state index >= 15 is 0 Å². The number of methoxy groups -OCH3 is 1. The molecular formula is C22H42N4O2. The van der Waals surface area contributed by atoms with E-state index in [1.807, 2.05) is 20.9 Å². The Labute approximate surface area is 172 Å². The summed E-state index contributed by atoms with van der Waals surface area (Å²) in [6, 6.07) is 3.94. The topological polar surface area (TPSA) is 83.6 Å². The number of aromatic nitrogens is 1. The summed E-state index contributed by atoms with van der Waals surface area (Å²) in [5.74, 6) is 1.04. The van der Waals surface area contributed by atoms with Crippen LogP contribution in [0.25, 0.3) is 0 Å². The van der Waals surface area contributed by atoms with Crippen LogP contribution in [0.1, 0.15) is 51.3 Å². The number of rotatable bonds is 14. The summed E-state index contributed by atoms with van der Waals surface area (Å²) in [5.41, 5.74) is 8.24. The van der Waals surface area contributed by atoms with Crippen molar-refractivity contribution in [3.63, 3.8) is 0 Å². The molecule has 162 valence electrons. The van der Waals surface area contributed by atoms with E-state index < -0.39 is 0 Å². The maximum absolute atomic E-state index is 9.36. The maximum atomic E-state index is 9.36. The molecule has 4 N–H and O–H groups in total. The summed E-state index contributed by atoms with van der Waals surface area (Å²) < 4.78 is 5.19. The highest BCUT2D eigenvalue weighted by Gasteiger charge is 2.10. The fraction of sp³-hybridized carbons (Fsp3) is 0.682. The molecular weight excluding hydrogens is 352 g/mol. The van der Waals surface area contributed by atoms with Gasteiger partial charge in [0.2, 0.25) is 0 Å². The first-order chi connectivity index (χ1) is 13.5. The Morgan fingerprint density at radius 3 is 2.57 bits per heavy atom. The zero-order chi connectivity index (χ0) is 21.4. The van der Waals surface area contributed by atoms with Crippen LogP contribution in [0.15, 0.2) is 24.5 Å². The molecule has 0 aliphatic rings. The Morgan fingerprint density at radius 1 is 1.29 bits per heavy atom. The van der Waals surface area contributed by atoms with Crippen LogP contribution < -0.4 is 11.1 Å². The van der Waals surface area contributed by atoms with Gasteiger partial charge in [-0.15, -0.1) is 0 Å². The zero-order valence-corrected chi connectivity index (χ0v) is 18.6. The van der Waals surface area contributed by atoms with Gasteiger partial charge in [0.1, 0.15) is 11.6 Å². The first kappa shape index (κ1) is 26.4. The maximum Gasteiger partial charge on any atom is 0.129 e. The van der Waals surface area contributed by atoms with Gasteiger partial charge in [0.15, 0.2) is 0 Å². The van der Waals surface area contributed by atoms with Crippen molar-refractivity contribution in [3.8, 4) is 0 Å². The van der Waals surface area contributed by atoms with Gasteiger partial charge in [0.25, 0.3) is 0 Å². The average Bonchev–Trinajstić information content (AvgIpc) is 2.73. The van der Waals surface area contributed by atoms with Gasteiger partial charge in [-0.1, -0.05) is 33.4 Å². The molecule has 0 radical (unpaired) electrons. The quantitative estimate of drug-likeness (QED) is 0.329. The summed E-state index contributed by atoms with van der Waals surface area (Å²) in [6.07, 6.45) is 4.84. The van der Waals surface area contributed by atoms with Crippen LogP contribution in [0.5, 0.6) is 0 Å². The van der Waals surface area contributed by atoms with Crippen molar-refractivity contribution in [2.45, 2.75) is 58.9 Å². The molecule has 1 rings (SSSR count). The smallest absolute Gasteiger partial charge is 0.129 e. The van der Waals surface area contributed by atoms with Crippen molar-refractivity contribution in [2.75, 3.05) is 45.7 Å². The molecule has 6 heteroatoms. The third kappa shape index (κ3) is 10.6. The first-order valence-corrected chi connectivity index (χ1v) is 10.5. The van der Waals surface area contributed by atoms with E-state index in [-0.39, 0.29) is 11.8 Å². The number of ether oxygens (including phenoxy) is 1. The number of unbranched alkanes of at least 4 members (excludes halogenated alkanes) is 1. The van der Waals surface area contributed by atoms with E-state index in [1.54, 1.807) is 7.11 Å². The highest BCUT2D eigenvalue weighted by Crippen LogP contribution is 2.15. The lowest BCUT2D eigenvalue weighted by Gasteiger charge is -2.23. The Bertz CT molecular complexity index is 537. The number of nitrogens with two attached hydrogens (primary N) is 1. The predicted molar refractivity (Wildman–Crippen MR) is 120 cm³/mol. The van der Waals surface area contributed by atoms with E-state index in [9.17, 15) is 5.11 Å². The summed E-state index contributed by atoms with van der Waals surface area (Å²) in [4.78, 5) is 7.04. The zero-order valence-electron chi connectivity index (χ0n) is 18.6. The molecule has 0 amide bonds. The number of nitrogens with zero attached hydrogens (tertiary/aromatic N) is 2. The number of anilines is 1. The Morgan fingerprint density at radius 2 is 2.00 bits per heavy atom. The number of aliphatic hydroxyl groups excluding tert-OH is 1. The molecule has 0 fully saturated rings. The van der Waals surface area contributed by atoms with Crippen LogP contribution in [-0.4, -0.2) is 61.4 Å². The van der Waals surface area contributed by atoms with Crippen molar-refractivity contribution in [1.82, 2.24) is 9.88 Å². The summed E-state index contributed by atoms with van der Waals surface area (Å²) in [5, 5.41) is 12.5. The molecule has 0 saturated carbocycles. The van der Waals surface area contributed by atoms with E-state index in [0.29, 0.717) is 13.0 Å². The van der Waals surface area contributed by atoms with Crippen LogP contribution in [0.4, 0.5) is 5.82 Å². The van der Waals surface area contributed by atoms with Crippen LogP contribution in [0.2, 0.25) is 0 Å². The van der Waals surface area contributed by atoms with Crippen molar-refractivity contribution in [1.29, 1.82) is 0 Å². The third-order valence-electron chi connectivity index (χ3n) is 4.61. The van der Waals surface area contributed by atoms with Gasteiger partial charge < -0.3 is 25.8 Å². The highest BCUT2D eigenvalue weighted by atomic mass is 16.5. The van der Waals surface area contributed by atoms with Gasteiger partial charge in [-0.05, 0) is 50.3 Å². The lowest BCUT2D eigenvalue weighted by molar-refractivity contribution is 0.144. The molecule has 6 nitrogen and oxygen atoms in total. The number of pyridine rings is 1. The number of nitrogens with one attached hydrogen (secondary N) is 1. The normalized spacial score (nSPS) is 11.7. The third-order valence-corrected chi connectivity index (χ3v) is 4.61. The van der Waals surface area contributed by atoms with Crippen molar-refractivity contribution in [3.05, 3.63) is 35.7 Å². The van der Waals surface area contributed by atoms with Crippen molar-refractivity contribution < 1.29 is 9.84 Å². The van der Waals surface area contributed by atoms with E-state index in [4.69, 9.17) is 15.5 Å². The van der Waals surface area contributed by atoms with E-state index in [0.717, 1.165) is 56.8 Å². The first-order valence-electron chi connectivity index (χ1n) is 10.5. The summed E-state index contributed by atoms with van der Waals surface area (Å²) in [7, 11) is 3.63. The van der Waals surface area contributed by atoms with Crippen LogP contribution >= 0.6 is 0 Å². The molecule has 0 bridgehead atoms. The summed E-state index contributed by atoms with van der Waals surface area (Å²) in [6.45, 7) is 13.0. The minimum absolute atomic E-state index is 0.0543. The second-order valence-electron chi connectivity index (χ2n) is 6.59. The molecule has 0 saturated heterocycles. The van der Waals surface area contributed by atoms with E-state index in [1.165, 1.54) is 5.56 Å². The minimum Gasteiger partial charge on any atom is -0.511 e. The Hall–Kier alpha value is -1.63. The van der Waals surface area contributed by atoms with Gasteiger partial charge in [0.05, 0.1) is 12.6 Å². The molecule has 0 spiro atoms. The largest absolute Gasteiger partial charge is 0.511 e. The standard InChI is InChI=1S/C20H36N4O2.C2H6/c1-5-17-9-10-18(23-20(17)22-3)8-6-7-12-24(14-15-26-4)13-11-19(21)16(2)25;1-2/h9-10,19,25H,2,5-8,11-15,21H2,1,3-4H3,(H,22,23);1-2H3. The number of aliphatic hydroxyl groups is 1. The second-order valence-corrected chi connectivity index (χ2v) is 6.59. The molecule has 1 heterocycles. The number of aryl methyl sites for hydroxylation is 2. The van der Waals surface area contributed by atoms with Gasteiger partial charge >= 0.3 is 0 Å². The van der Waals surface area contributed by atoms with Gasteiger partial charge in [-0.2, -0.15) is 0 Å². The SMILES string of the molecule is C=C(O)C(N)CCN(CCCCc1ccc(CC)c(NC)n1)CCOC.CC. The van der Waals surface area contributed by atoms with Gasteiger partial charge in [0, 0.05) is 32.9 Å². The van der Waals surface area contributed by atoms with E-state index in [2.05, 4.69) is 35.9 Å². The Kier molecular flexibility index (Phi) is 15.4. The van der Waals surface area contributed by atoms with Crippen LogP contribution in [0.3, 0.4) is 0 Å². The fourth-order valence-corrected chi connectivity index (χ4v) is 2.85. The second kappa shape index (κ2) is 16.3. The fourth-order valence-electron chi connectivity index (χ4n) is 2.85. The van der Waals surface area contributed by atoms with Gasteiger partial charge in [-0.3, -0.25) is 0 Å². The summed E-state index contributed by atoms with van der Waals surface area (Å²) >= 11 is 0. The molecule has 1 atom stereocenters. The average molecular weight is 395 g/mol. The van der Waals surface area contributed by atoms with Gasteiger partial charge in [-0.25, -0.2) is 4.98 Å². The molecule has 1 aromatic heterocycles. The van der Waals surface area contributed by atoms with Crippen LogP contribution in [-0.2, 0) is 17.6 Å². The van der Waals surface area contributed by atoms with Crippen LogP contribution in [0, 0.1) is 0 Å². The lowest BCUT2D eigenvalue weighted by Crippen LogP contribution is -2.34. The van der Waals surface area contributed by atoms with Crippen molar-refractivity contribution >= 4 is 5.82 Å². The molecule has 1 unspecified atom stereocenters. The number of hydrogen-bond donors (Lipinski definition) is 3. The predicted octanol–water partition coefficient (Wildman–Crippen LogP) is 3.77. The number of hydrogen-bond acceptors (Lipinski definition) is 6. The molecule has 1 aromatic rings. The molecule has 28 heavy (non-hydrogen) atoms. The Balaban J connectivity index is 0.00000352. The monoisotopic (exact) mass is 394 g/mol. The minimum atomic E-state index is -0.360. The molecule has 0 aliphatic heterocycles. The van der Waals surface area contributed by atoms with Crippen molar-refractivity contribution in [2.24, 2.45) is 5.73 Å². The highest BCUT2D eigenvalue weighted by molar-refractivity contribution is 5.44. The molecule has 0 aromatic carbocycles.